The first-order chi connectivity index (χ1) is 17.4. The van der Waals surface area contributed by atoms with Crippen LogP contribution in [0.1, 0.15) is 100 Å². The second-order valence-electron chi connectivity index (χ2n) is 11.8. The van der Waals surface area contributed by atoms with Gasteiger partial charge in [-0.15, -0.1) is 0 Å². The van der Waals surface area contributed by atoms with Crippen LogP contribution in [0, 0.1) is 40.4 Å². The maximum atomic E-state index is 11.5. The molecule has 188 valence electrons. The van der Waals surface area contributed by atoms with Crippen molar-refractivity contribution in [2.45, 2.75) is 57.8 Å². The van der Waals surface area contributed by atoms with Gasteiger partial charge in [0.25, 0.3) is 0 Å². The molecule has 0 spiro atoms. The molecule has 0 saturated heterocycles. The van der Waals surface area contributed by atoms with E-state index < -0.39 is 34.6 Å². The molecule has 37 heavy (non-hydrogen) atoms. The predicted molar refractivity (Wildman–Crippen MR) is 137 cm³/mol. The fourth-order valence-electron chi connectivity index (χ4n) is 8.17. The van der Waals surface area contributed by atoms with E-state index >= 15 is 0 Å². The lowest BCUT2D eigenvalue weighted by Crippen LogP contribution is -2.56. The van der Waals surface area contributed by atoms with Gasteiger partial charge in [-0.05, 0) is 102 Å². The molecule has 4 saturated carbocycles. The SMILES string of the molecule is CC12CC3CC(C)(C1)CC(c1ccc(C#CC#Cc4cc(C(=O)O)c(C(=O)O)c(C(=O)O)c4)cc1)(C3)C2. The summed E-state index contributed by atoms with van der Waals surface area (Å²) in [5, 5.41) is 28.0. The van der Waals surface area contributed by atoms with E-state index in [1.54, 1.807) is 0 Å². The third-order valence-electron chi connectivity index (χ3n) is 8.41. The number of hydrogen-bond donors (Lipinski definition) is 3. The van der Waals surface area contributed by atoms with Crippen LogP contribution < -0.4 is 0 Å². The second kappa shape index (κ2) is 8.53. The topological polar surface area (TPSA) is 112 Å². The lowest BCUT2D eigenvalue weighted by molar-refractivity contribution is -0.110. The number of aromatic carboxylic acids is 3. The minimum Gasteiger partial charge on any atom is -0.478 e. The van der Waals surface area contributed by atoms with Crippen LogP contribution >= 0.6 is 0 Å². The number of rotatable bonds is 4. The van der Waals surface area contributed by atoms with Crippen molar-refractivity contribution < 1.29 is 29.7 Å². The quantitative estimate of drug-likeness (QED) is 0.487. The average Bonchev–Trinajstić information content (AvgIpc) is 2.79. The highest BCUT2D eigenvalue weighted by Gasteiger charge is 2.60. The van der Waals surface area contributed by atoms with Crippen LogP contribution in [0.4, 0.5) is 0 Å². The van der Waals surface area contributed by atoms with E-state index in [0.29, 0.717) is 10.8 Å². The van der Waals surface area contributed by atoms with E-state index in [1.165, 1.54) is 44.1 Å². The summed E-state index contributed by atoms with van der Waals surface area (Å²) in [7, 11) is 0. The summed E-state index contributed by atoms with van der Waals surface area (Å²) < 4.78 is 0. The maximum absolute atomic E-state index is 11.5. The summed E-state index contributed by atoms with van der Waals surface area (Å²) in [6.07, 6.45) is 7.81. The van der Waals surface area contributed by atoms with Crippen LogP contribution in [0.2, 0.25) is 0 Å². The summed E-state index contributed by atoms with van der Waals surface area (Å²) in [6, 6.07) is 10.5. The van der Waals surface area contributed by atoms with Crippen LogP contribution in [-0.2, 0) is 5.41 Å². The molecule has 4 aliphatic rings. The molecule has 6 rings (SSSR count). The van der Waals surface area contributed by atoms with Gasteiger partial charge in [-0.2, -0.15) is 0 Å². The van der Waals surface area contributed by atoms with E-state index in [-0.39, 0.29) is 11.0 Å². The van der Waals surface area contributed by atoms with Gasteiger partial charge in [0.05, 0.1) is 16.7 Å². The van der Waals surface area contributed by atoms with Crippen molar-refractivity contribution >= 4 is 17.9 Å². The summed E-state index contributed by atoms with van der Waals surface area (Å²) in [5.74, 6) is 7.07. The highest BCUT2D eigenvalue weighted by atomic mass is 16.4. The number of hydrogen-bond acceptors (Lipinski definition) is 3. The van der Waals surface area contributed by atoms with E-state index in [1.807, 2.05) is 12.1 Å². The zero-order valence-corrected chi connectivity index (χ0v) is 20.9. The number of benzene rings is 2. The first kappa shape index (κ1) is 24.7. The van der Waals surface area contributed by atoms with Gasteiger partial charge < -0.3 is 15.3 Å². The van der Waals surface area contributed by atoms with E-state index in [2.05, 4.69) is 49.7 Å². The molecular weight excluding hydrogens is 468 g/mol. The van der Waals surface area contributed by atoms with Crippen LogP contribution in [0.3, 0.4) is 0 Å². The normalized spacial score (nSPS) is 29.0. The van der Waals surface area contributed by atoms with Crippen LogP contribution in [0.25, 0.3) is 0 Å². The fraction of sp³-hybridized carbons (Fsp3) is 0.387. The number of carboxylic acid groups (broad SMARTS) is 3. The minimum absolute atomic E-state index is 0.0632. The molecule has 4 aliphatic carbocycles. The molecule has 0 aliphatic heterocycles. The van der Waals surface area contributed by atoms with Gasteiger partial charge in [0, 0.05) is 11.1 Å². The van der Waals surface area contributed by atoms with E-state index in [0.717, 1.165) is 23.6 Å². The van der Waals surface area contributed by atoms with Crippen molar-refractivity contribution in [2.75, 3.05) is 0 Å². The lowest BCUT2D eigenvalue weighted by atomic mass is 9.39. The van der Waals surface area contributed by atoms with E-state index in [4.69, 9.17) is 0 Å². The molecule has 2 atom stereocenters. The molecular formula is C31H28O6. The van der Waals surface area contributed by atoms with Crippen molar-refractivity contribution in [1.82, 2.24) is 0 Å². The largest absolute Gasteiger partial charge is 0.478 e. The molecule has 6 nitrogen and oxygen atoms in total. The molecule has 6 heteroatoms. The van der Waals surface area contributed by atoms with Gasteiger partial charge in [0.1, 0.15) is 0 Å². The molecule has 2 unspecified atom stereocenters. The van der Waals surface area contributed by atoms with Crippen LogP contribution in [-0.4, -0.2) is 33.2 Å². The third kappa shape index (κ3) is 4.49. The van der Waals surface area contributed by atoms with Gasteiger partial charge in [-0.25, -0.2) is 14.4 Å². The second-order valence-corrected chi connectivity index (χ2v) is 11.8. The molecule has 2 aromatic rings. The Morgan fingerprint density at radius 1 is 0.730 bits per heavy atom. The standard InChI is InChI=1S/C31H28O6/c1-29-13-21-14-30(2,16-29)18-31(15-21,17-29)22-9-7-19(8-10-22)5-3-4-6-20-11-23(26(32)33)25(28(36)37)24(12-20)27(34)35/h7-12,21H,13-18H2,1-2H3,(H,32,33)(H,34,35)(H,36,37). The first-order valence-corrected chi connectivity index (χ1v) is 12.4. The van der Waals surface area contributed by atoms with Gasteiger partial charge in [-0.1, -0.05) is 37.8 Å². The summed E-state index contributed by atoms with van der Waals surface area (Å²) in [6.45, 7) is 4.94. The van der Waals surface area contributed by atoms with Crippen LogP contribution in [0.5, 0.6) is 0 Å². The Kier molecular flexibility index (Phi) is 5.68. The predicted octanol–water partition coefficient (Wildman–Crippen LogP) is 5.43. The van der Waals surface area contributed by atoms with Gasteiger partial charge >= 0.3 is 17.9 Å². The molecule has 0 amide bonds. The molecule has 2 aromatic carbocycles. The zero-order chi connectivity index (χ0) is 26.6. The Morgan fingerprint density at radius 3 is 1.70 bits per heavy atom. The maximum Gasteiger partial charge on any atom is 0.337 e. The van der Waals surface area contributed by atoms with Crippen molar-refractivity contribution in [2.24, 2.45) is 16.7 Å². The number of carboxylic acids is 3. The zero-order valence-electron chi connectivity index (χ0n) is 20.9. The molecule has 4 bridgehead atoms. The van der Waals surface area contributed by atoms with Crippen molar-refractivity contribution in [3.63, 3.8) is 0 Å². The fourth-order valence-corrected chi connectivity index (χ4v) is 8.17. The van der Waals surface area contributed by atoms with Gasteiger partial charge in [-0.3, -0.25) is 0 Å². The Labute approximate surface area is 215 Å². The van der Waals surface area contributed by atoms with Crippen molar-refractivity contribution in [1.29, 1.82) is 0 Å². The average molecular weight is 497 g/mol. The summed E-state index contributed by atoms with van der Waals surface area (Å²) in [4.78, 5) is 34.4. The first-order valence-electron chi connectivity index (χ1n) is 12.4. The number of carbonyl (C=O) groups is 3. The molecule has 3 N–H and O–H groups in total. The molecule has 0 heterocycles. The Balaban J connectivity index is 1.38. The smallest absolute Gasteiger partial charge is 0.337 e. The Morgan fingerprint density at radius 2 is 1.24 bits per heavy atom. The molecule has 0 radical (unpaired) electrons. The Bertz CT molecular complexity index is 1410. The van der Waals surface area contributed by atoms with E-state index in [9.17, 15) is 29.7 Å². The Hall–Kier alpha value is -4.03. The third-order valence-corrected chi connectivity index (χ3v) is 8.41. The molecule has 4 fully saturated rings. The summed E-state index contributed by atoms with van der Waals surface area (Å²) >= 11 is 0. The van der Waals surface area contributed by atoms with Crippen LogP contribution in [0.15, 0.2) is 36.4 Å². The summed E-state index contributed by atoms with van der Waals surface area (Å²) in [5.41, 5.74) is 1.34. The highest BCUT2D eigenvalue weighted by molar-refractivity contribution is 6.09. The monoisotopic (exact) mass is 496 g/mol. The molecule has 0 aromatic heterocycles. The van der Waals surface area contributed by atoms with Gasteiger partial charge in [0.15, 0.2) is 0 Å². The van der Waals surface area contributed by atoms with Crippen molar-refractivity contribution in [3.05, 3.63) is 69.8 Å². The van der Waals surface area contributed by atoms with Crippen molar-refractivity contribution in [3.8, 4) is 23.7 Å². The lowest BCUT2D eigenvalue weighted by Gasteiger charge is -2.65. The highest BCUT2D eigenvalue weighted by Crippen LogP contribution is 2.69. The van der Waals surface area contributed by atoms with Gasteiger partial charge in [0.2, 0.25) is 0 Å². The minimum atomic E-state index is -1.63.